The van der Waals surface area contributed by atoms with E-state index < -0.39 is 0 Å². The van der Waals surface area contributed by atoms with Gasteiger partial charge in [0.25, 0.3) is 0 Å². The topological polar surface area (TPSA) is 32.3 Å². The zero-order valence-electron chi connectivity index (χ0n) is 14.8. The fraction of sp³-hybridized carbons (Fsp3) is 0.579. The summed E-state index contributed by atoms with van der Waals surface area (Å²) in [6.07, 6.45) is 2.55. The highest BCUT2D eigenvalue weighted by Crippen LogP contribution is 2.24. The molecule has 0 unspecified atom stereocenters. The van der Waals surface area contributed by atoms with Crippen LogP contribution in [0.4, 0.5) is 0 Å². The third-order valence-electron chi connectivity index (χ3n) is 5.35. The van der Waals surface area contributed by atoms with Crippen molar-refractivity contribution in [2.45, 2.75) is 39.3 Å². The van der Waals surface area contributed by atoms with E-state index in [4.69, 9.17) is 9.97 Å². The minimum atomic E-state index is 0.666. The Kier molecular flexibility index (Phi) is 4.93. The first kappa shape index (κ1) is 16.3. The first-order chi connectivity index (χ1) is 11.0. The average molecular weight is 312 g/mol. The summed E-state index contributed by atoms with van der Waals surface area (Å²) in [7, 11) is 4.37. The van der Waals surface area contributed by atoms with Crippen LogP contribution < -0.4 is 0 Å². The molecule has 0 N–H and O–H groups in total. The molecule has 4 nitrogen and oxygen atoms in total. The van der Waals surface area contributed by atoms with Gasteiger partial charge < -0.3 is 4.90 Å². The Morgan fingerprint density at radius 3 is 2.35 bits per heavy atom. The number of para-hydroxylation sites is 2. The van der Waals surface area contributed by atoms with Crippen molar-refractivity contribution in [1.82, 2.24) is 19.8 Å². The zero-order valence-corrected chi connectivity index (χ0v) is 14.8. The summed E-state index contributed by atoms with van der Waals surface area (Å²) in [5.41, 5.74) is 4.19. The van der Waals surface area contributed by atoms with E-state index in [9.17, 15) is 0 Å². The van der Waals surface area contributed by atoms with Crippen LogP contribution in [0.2, 0.25) is 0 Å². The highest BCUT2D eigenvalue weighted by atomic mass is 15.2. The van der Waals surface area contributed by atoms with Gasteiger partial charge in [-0.15, -0.1) is 0 Å². The quantitative estimate of drug-likeness (QED) is 0.868. The Balaban J connectivity index is 1.66. The van der Waals surface area contributed by atoms with Crippen LogP contribution in [0.25, 0.3) is 11.0 Å². The number of benzene rings is 1. The first-order valence-electron chi connectivity index (χ1n) is 8.65. The lowest BCUT2D eigenvalue weighted by molar-refractivity contribution is 0.120. The molecule has 1 atom stereocenters. The standard InChI is InChI=1S/C19H28N4/c1-14-19(21-18-8-6-5-7-17(18)20-14)13-23-11-9-16(10-12-23)15(2)22(3)4/h5-8,15-16H,9-13H2,1-4H3/t15-/m0/s1. The smallest absolute Gasteiger partial charge is 0.0890 e. The molecule has 3 rings (SSSR count). The third-order valence-corrected chi connectivity index (χ3v) is 5.35. The van der Waals surface area contributed by atoms with Gasteiger partial charge in [0.15, 0.2) is 0 Å². The van der Waals surface area contributed by atoms with E-state index >= 15 is 0 Å². The van der Waals surface area contributed by atoms with Gasteiger partial charge in [0.1, 0.15) is 0 Å². The lowest BCUT2D eigenvalue weighted by atomic mass is 9.89. The number of likely N-dealkylation sites (tertiary alicyclic amines) is 1. The van der Waals surface area contributed by atoms with Crippen LogP contribution in [0.3, 0.4) is 0 Å². The lowest BCUT2D eigenvalue weighted by Crippen LogP contribution is -2.41. The van der Waals surface area contributed by atoms with Crippen molar-refractivity contribution in [3.63, 3.8) is 0 Å². The highest BCUT2D eigenvalue weighted by Gasteiger charge is 2.25. The van der Waals surface area contributed by atoms with Crippen LogP contribution >= 0.6 is 0 Å². The summed E-state index contributed by atoms with van der Waals surface area (Å²) >= 11 is 0. The van der Waals surface area contributed by atoms with Crippen molar-refractivity contribution < 1.29 is 0 Å². The minimum Gasteiger partial charge on any atom is -0.306 e. The Morgan fingerprint density at radius 1 is 1.13 bits per heavy atom. The van der Waals surface area contributed by atoms with E-state index in [-0.39, 0.29) is 0 Å². The van der Waals surface area contributed by atoms with E-state index in [1.165, 1.54) is 12.8 Å². The monoisotopic (exact) mass is 312 g/mol. The van der Waals surface area contributed by atoms with Gasteiger partial charge in [0.05, 0.1) is 22.4 Å². The second-order valence-corrected chi connectivity index (χ2v) is 7.06. The summed E-state index contributed by atoms with van der Waals surface area (Å²) < 4.78 is 0. The lowest BCUT2D eigenvalue weighted by Gasteiger charge is -2.37. The van der Waals surface area contributed by atoms with Crippen molar-refractivity contribution in [1.29, 1.82) is 0 Å². The van der Waals surface area contributed by atoms with E-state index in [0.717, 1.165) is 48.0 Å². The van der Waals surface area contributed by atoms with E-state index in [0.29, 0.717) is 6.04 Å². The van der Waals surface area contributed by atoms with Crippen molar-refractivity contribution in [3.8, 4) is 0 Å². The van der Waals surface area contributed by atoms with Gasteiger partial charge in [-0.1, -0.05) is 12.1 Å². The van der Waals surface area contributed by atoms with Crippen molar-refractivity contribution in [3.05, 3.63) is 35.7 Å². The maximum Gasteiger partial charge on any atom is 0.0890 e. The van der Waals surface area contributed by atoms with Crippen LogP contribution in [-0.4, -0.2) is 53.0 Å². The molecular formula is C19H28N4. The van der Waals surface area contributed by atoms with Crippen molar-refractivity contribution in [2.75, 3.05) is 27.2 Å². The predicted molar refractivity (Wildman–Crippen MR) is 95.4 cm³/mol. The zero-order chi connectivity index (χ0) is 16.4. The van der Waals surface area contributed by atoms with Crippen LogP contribution in [0.1, 0.15) is 31.2 Å². The molecule has 2 heterocycles. The third kappa shape index (κ3) is 3.70. The number of aryl methyl sites for hydroxylation is 1. The van der Waals surface area contributed by atoms with Crippen LogP contribution in [0.5, 0.6) is 0 Å². The van der Waals surface area contributed by atoms with Crippen LogP contribution in [0, 0.1) is 12.8 Å². The molecule has 0 saturated carbocycles. The maximum absolute atomic E-state index is 4.84. The number of hydrogen-bond acceptors (Lipinski definition) is 4. The molecule has 1 saturated heterocycles. The summed E-state index contributed by atoms with van der Waals surface area (Å²) in [5.74, 6) is 0.810. The maximum atomic E-state index is 4.84. The number of rotatable bonds is 4. The Labute approximate surface area is 139 Å². The van der Waals surface area contributed by atoms with Gasteiger partial charge in [-0.25, -0.2) is 9.97 Å². The molecule has 1 fully saturated rings. The molecule has 1 aliphatic heterocycles. The number of fused-ring (bicyclic) bond motifs is 1. The van der Waals surface area contributed by atoms with Gasteiger partial charge in [-0.3, -0.25) is 4.90 Å². The summed E-state index contributed by atoms with van der Waals surface area (Å²) in [4.78, 5) is 14.4. The fourth-order valence-electron chi connectivity index (χ4n) is 3.50. The Hall–Kier alpha value is -1.52. The van der Waals surface area contributed by atoms with E-state index in [1.54, 1.807) is 0 Å². The SMILES string of the molecule is Cc1nc2ccccc2nc1CN1CCC([C@H](C)N(C)C)CC1. The van der Waals surface area contributed by atoms with Crippen LogP contribution in [-0.2, 0) is 6.54 Å². The molecule has 124 valence electrons. The molecule has 1 aromatic heterocycles. The van der Waals surface area contributed by atoms with Crippen LogP contribution in [0.15, 0.2) is 24.3 Å². The average Bonchev–Trinajstić information content (AvgIpc) is 2.55. The van der Waals surface area contributed by atoms with E-state index in [2.05, 4.69) is 43.8 Å². The molecule has 1 aromatic carbocycles. The van der Waals surface area contributed by atoms with Gasteiger partial charge >= 0.3 is 0 Å². The molecule has 0 bridgehead atoms. The van der Waals surface area contributed by atoms with Gasteiger partial charge in [0.2, 0.25) is 0 Å². The molecule has 4 heteroatoms. The Bertz CT molecular complexity index is 659. The molecule has 0 amide bonds. The minimum absolute atomic E-state index is 0.666. The van der Waals surface area contributed by atoms with Gasteiger partial charge in [0, 0.05) is 12.6 Å². The predicted octanol–water partition coefficient (Wildman–Crippen LogP) is 3.10. The summed E-state index contributed by atoms with van der Waals surface area (Å²) in [6.45, 7) is 7.68. The molecule has 0 aliphatic carbocycles. The second-order valence-electron chi connectivity index (χ2n) is 7.06. The molecule has 23 heavy (non-hydrogen) atoms. The highest BCUT2D eigenvalue weighted by molar-refractivity contribution is 5.74. The molecule has 0 spiro atoms. The van der Waals surface area contributed by atoms with Crippen molar-refractivity contribution in [2.24, 2.45) is 5.92 Å². The van der Waals surface area contributed by atoms with Gasteiger partial charge in [-0.2, -0.15) is 0 Å². The van der Waals surface area contributed by atoms with Gasteiger partial charge in [-0.05, 0) is 71.9 Å². The fourth-order valence-corrected chi connectivity index (χ4v) is 3.50. The molecular weight excluding hydrogens is 284 g/mol. The molecule has 0 radical (unpaired) electrons. The number of nitrogens with zero attached hydrogens (tertiary/aromatic N) is 4. The number of hydrogen-bond donors (Lipinski definition) is 0. The normalized spacial score (nSPS) is 18.7. The summed E-state index contributed by atoms with van der Waals surface area (Å²) in [6, 6.07) is 8.81. The second kappa shape index (κ2) is 6.93. The molecule has 1 aliphatic rings. The Morgan fingerprint density at radius 2 is 1.74 bits per heavy atom. The number of piperidine rings is 1. The molecule has 2 aromatic rings. The number of aromatic nitrogens is 2. The first-order valence-corrected chi connectivity index (χ1v) is 8.65. The van der Waals surface area contributed by atoms with E-state index in [1.807, 2.05) is 18.2 Å². The van der Waals surface area contributed by atoms with Crippen molar-refractivity contribution >= 4 is 11.0 Å². The largest absolute Gasteiger partial charge is 0.306 e. The summed E-state index contributed by atoms with van der Waals surface area (Å²) in [5, 5.41) is 0.